The first-order chi connectivity index (χ1) is 9.59. The summed E-state index contributed by atoms with van der Waals surface area (Å²) in [5.74, 6) is -0.201. The Hall–Kier alpha value is -1.95. The van der Waals surface area contributed by atoms with Gasteiger partial charge in [0.2, 0.25) is 0 Å². The number of halogens is 1. The maximum Gasteiger partial charge on any atom is 0.431 e. The maximum absolute atomic E-state index is 13.4. The van der Waals surface area contributed by atoms with E-state index in [1.54, 1.807) is 16.8 Å². The van der Waals surface area contributed by atoms with Crippen LogP contribution in [0.2, 0.25) is 0 Å². The monoisotopic (exact) mass is 280 g/mol. The molecule has 1 heterocycles. The summed E-state index contributed by atoms with van der Waals surface area (Å²) in [6.07, 6.45) is 0.574. The third-order valence-electron chi connectivity index (χ3n) is 3.10. The molecule has 0 atom stereocenters. The third-order valence-corrected chi connectivity index (χ3v) is 3.10. The highest BCUT2D eigenvalue weighted by Crippen LogP contribution is 2.06. The van der Waals surface area contributed by atoms with Gasteiger partial charge in [-0.1, -0.05) is 22.9 Å². The molecule has 20 heavy (non-hydrogen) atoms. The third kappa shape index (κ3) is 3.33. The predicted octanol–water partition coefficient (Wildman–Crippen LogP) is 1.31. The zero-order valence-electron chi connectivity index (χ0n) is 11.6. The van der Waals surface area contributed by atoms with Crippen molar-refractivity contribution in [2.45, 2.75) is 32.9 Å². The Morgan fingerprint density at radius 2 is 2.15 bits per heavy atom. The average Bonchev–Trinajstić information content (AvgIpc) is 2.78. The number of aromatic nitrogens is 2. The summed E-state index contributed by atoms with van der Waals surface area (Å²) in [5, 5.41) is 5.70. The molecule has 5 nitrogen and oxygen atoms in total. The minimum atomic E-state index is -0.378. The number of H-pyrrole nitrogens is 1. The molecule has 6 heteroatoms. The summed E-state index contributed by atoms with van der Waals surface area (Å²) >= 11 is 0. The molecule has 1 aromatic heterocycles. The fourth-order valence-electron chi connectivity index (χ4n) is 2.01. The van der Waals surface area contributed by atoms with Crippen LogP contribution in [0, 0.1) is 5.82 Å². The van der Waals surface area contributed by atoms with Crippen molar-refractivity contribution in [2.75, 3.05) is 6.54 Å². The van der Waals surface area contributed by atoms with Gasteiger partial charge in [0.25, 0.3) is 0 Å². The van der Waals surface area contributed by atoms with E-state index in [2.05, 4.69) is 10.6 Å². The lowest BCUT2D eigenvalue weighted by molar-refractivity contribution is -0.785. The average molecular weight is 280 g/mol. The molecule has 0 radical (unpaired) electrons. The van der Waals surface area contributed by atoms with Crippen molar-refractivity contribution in [1.82, 2.24) is 10.6 Å². The van der Waals surface area contributed by atoms with Crippen LogP contribution in [-0.2, 0) is 13.0 Å². The van der Waals surface area contributed by atoms with Crippen LogP contribution in [0.25, 0.3) is 0 Å². The van der Waals surface area contributed by atoms with Gasteiger partial charge in [-0.05, 0) is 43.7 Å². The fourth-order valence-corrected chi connectivity index (χ4v) is 2.01. The number of aromatic amines is 1. The molecule has 0 spiro atoms. The number of benzene rings is 1. The van der Waals surface area contributed by atoms with Crippen molar-refractivity contribution < 1.29 is 13.6 Å². The first kappa shape index (κ1) is 14.5. The second-order valence-electron chi connectivity index (χ2n) is 4.91. The molecular weight excluding hydrogens is 261 g/mol. The second kappa shape index (κ2) is 6.47. The molecule has 0 saturated carbocycles. The van der Waals surface area contributed by atoms with Crippen molar-refractivity contribution in [2.24, 2.45) is 0 Å². The van der Waals surface area contributed by atoms with Gasteiger partial charge in [0.1, 0.15) is 5.82 Å². The standard InChI is InChI=1S/C14H18FN3O2/c1-10(2)18-13(14(19)20-17-18)9-16-8-7-11-5-3-4-6-12(11)15/h3-6,10,16H,7-9H2,1-2H3/p+1. The minimum Gasteiger partial charge on any atom is -0.307 e. The largest absolute Gasteiger partial charge is 0.431 e. The van der Waals surface area contributed by atoms with Crippen molar-refractivity contribution in [3.8, 4) is 0 Å². The van der Waals surface area contributed by atoms with Gasteiger partial charge in [0.05, 0.1) is 6.54 Å². The van der Waals surface area contributed by atoms with Crippen LogP contribution in [0.15, 0.2) is 33.6 Å². The van der Waals surface area contributed by atoms with Gasteiger partial charge in [0.15, 0.2) is 6.04 Å². The summed E-state index contributed by atoms with van der Waals surface area (Å²) < 4.78 is 19.9. The molecule has 0 unspecified atom stereocenters. The van der Waals surface area contributed by atoms with Crippen molar-refractivity contribution in [3.05, 3.63) is 51.8 Å². The van der Waals surface area contributed by atoms with Crippen LogP contribution in [0.3, 0.4) is 0 Å². The van der Waals surface area contributed by atoms with Crippen LogP contribution in [0.4, 0.5) is 4.39 Å². The molecule has 108 valence electrons. The second-order valence-corrected chi connectivity index (χ2v) is 4.91. The lowest BCUT2D eigenvalue weighted by Crippen LogP contribution is -2.45. The van der Waals surface area contributed by atoms with Crippen molar-refractivity contribution >= 4 is 0 Å². The van der Waals surface area contributed by atoms with Crippen LogP contribution < -0.4 is 15.6 Å². The Bertz CT molecular complexity index is 619. The maximum atomic E-state index is 13.4. The lowest BCUT2D eigenvalue weighted by atomic mass is 10.1. The minimum absolute atomic E-state index is 0.116. The van der Waals surface area contributed by atoms with E-state index in [0.717, 1.165) is 0 Å². The van der Waals surface area contributed by atoms with Crippen LogP contribution >= 0.6 is 0 Å². The molecule has 0 aliphatic rings. The molecule has 0 bridgehead atoms. The molecule has 1 aromatic carbocycles. The Kier molecular flexibility index (Phi) is 4.68. The Balaban J connectivity index is 1.89. The molecule has 0 aliphatic carbocycles. The summed E-state index contributed by atoms with van der Waals surface area (Å²) in [5.41, 5.74) is 0.823. The van der Waals surface area contributed by atoms with E-state index >= 15 is 0 Å². The predicted molar refractivity (Wildman–Crippen MR) is 71.7 cm³/mol. The molecule has 2 rings (SSSR count). The Labute approximate surface area is 116 Å². The van der Waals surface area contributed by atoms with Crippen molar-refractivity contribution in [1.29, 1.82) is 0 Å². The van der Waals surface area contributed by atoms with Crippen LogP contribution in [-0.4, -0.2) is 11.8 Å². The van der Waals surface area contributed by atoms with Gasteiger partial charge in [-0.25, -0.2) is 9.18 Å². The molecule has 2 N–H and O–H groups in total. The van der Waals surface area contributed by atoms with E-state index in [9.17, 15) is 9.18 Å². The van der Waals surface area contributed by atoms with E-state index in [0.29, 0.717) is 30.8 Å². The summed E-state index contributed by atoms with van der Waals surface area (Å²) in [7, 11) is 0. The van der Waals surface area contributed by atoms with Gasteiger partial charge >= 0.3 is 11.3 Å². The van der Waals surface area contributed by atoms with E-state index in [-0.39, 0.29) is 17.5 Å². The number of rotatable bonds is 6. The number of hydrogen-bond acceptors (Lipinski definition) is 3. The smallest absolute Gasteiger partial charge is 0.307 e. The fraction of sp³-hybridized carbons (Fsp3) is 0.429. The zero-order valence-corrected chi connectivity index (χ0v) is 11.6. The van der Waals surface area contributed by atoms with E-state index in [1.807, 2.05) is 19.9 Å². The van der Waals surface area contributed by atoms with E-state index < -0.39 is 0 Å². The van der Waals surface area contributed by atoms with Gasteiger partial charge < -0.3 is 5.32 Å². The topological polar surface area (TPSA) is 61.9 Å². The highest BCUT2D eigenvalue weighted by molar-refractivity contribution is 5.17. The normalized spacial score (nSPS) is 11.2. The quantitative estimate of drug-likeness (QED) is 0.619. The summed E-state index contributed by atoms with van der Waals surface area (Å²) in [6.45, 7) is 4.88. The highest BCUT2D eigenvalue weighted by Gasteiger charge is 2.22. The Morgan fingerprint density at radius 1 is 1.40 bits per heavy atom. The van der Waals surface area contributed by atoms with E-state index in [1.165, 1.54) is 6.07 Å². The number of hydrogen-bond donors (Lipinski definition) is 2. The lowest BCUT2D eigenvalue weighted by Gasteiger charge is -2.03. The number of nitrogens with zero attached hydrogens (tertiary/aromatic N) is 1. The summed E-state index contributed by atoms with van der Waals surface area (Å²) in [6, 6.07) is 6.80. The van der Waals surface area contributed by atoms with Gasteiger partial charge in [-0.3, -0.25) is 4.52 Å². The number of nitrogens with one attached hydrogen (secondary N) is 2. The molecule has 0 amide bonds. The van der Waals surface area contributed by atoms with Crippen LogP contribution in [0.5, 0.6) is 0 Å². The van der Waals surface area contributed by atoms with Gasteiger partial charge in [-0.15, -0.1) is 0 Å². The first-order valence-corrected chi connectivity index (χ1v) is 6.65. The molecule has 0 aliphatic heterocycles. The Morgan fingerprint density at radius 3 is 2.85 bits per heavy atom. The highest BCUT2D eigenvalue weighted by atomic mass is 19.1. The molecule has 0 fully saturated rings. The van der Waals surface area contributed by atoms with Gasteiger partial charge in [-0.2, -0.15) is 0 Å². The van der Waals surface area contributed by atoms with Gasteiger partial charge in [0, 0.05) is 0 Å². The molecule has 0 saturated heterocycles. The summed E-state index contributed by atoms with van der Waals surface area (Å²) in [4.78, 5) is 11.5. The zero-order chi connectivity index (χ0) is 14.5. The van der Waals surface area contributed by atoms with Crippen LogP contribution in [0.1, 0.15) is 31.1 Å². The van der Waals surface area contributed by atoms with Crippen molar-refractivity contribution in [3.63, 3.8) is 0 Å². The molecule has 2 aromatic rings. The SMILES string of the molecule is CC(C)[n+]1[nH]oc(=O)c1CNCCc1ccccc1F. The van der Waals surface area contributed by atoms with E-state index in [4.69, 9.17) is 4.52 Å². The first-order valence-electron chi connectivity index (χ1n) is 6.65. The molecular formula is C14H19FN3O2+.